The zero-order valence-corrected chi connectivity index (χ0v) is 26.3. The molecule has 0 bridgehead atoms. The van der Waals surface area contributed by atoms with Gasteiger partial charge >= 0.3 is 6.09 Å². The van der Waals surface area contributed by atoms with Crippen LogP contribution in [-0.4, -0.2) is 40.0 Å². The largest absolute Gasteiger partial charge is 0.444 e. The van der Waals surface area contributed by atoms with Crippen molar-refractivity contribution in [3.05, 3.63) is 64.7 Å². The second-order valence-corrected chi connectivity index (χ2v) is 12.5. The second kappa shape index (κ2) is 13.3. The molecule has 3 amide bonds. The molecule has 0 fully saturated rings. The lowest BCUT2D eigenvalue weighted by Gasteiger charge is -2.45. The Hall–Kier alpha value is -3.35. The number of alkyl carbamates (subject to hydrolysis) is 1. The fourth-order valence-electron chi connectivity index (χ4n) is 4.66. The van der Waals surface area contributed by atoms with Gasteiger partial charge in [-0.25, -0.2) is 4.79 Å². The van der Waals surface area contributed by atoms with Gasteiger partial charge in [0.15, 0.2) is 0 Å². The Bertz CT molecular complexity index is 1200. The average molecular weight is 552 g/mol. The molecule has 220 valence electrons. The monoisotopic (exact) mass is 551 g/mol. The van der Waals surface area contributed by atoms with Crippen LogP contribution in [0.4, 0.5) is 10.5 Å². The van der Waals surface area contributed by atoms with Gasteiger partial charge in [0, 0.05) is 11.2 Å². The van der Waals surface area contributed by atoms with Gasteiger partial charge in [0.05, 0.1) is 0 Å². The molecule has 0 aliphatic rings. The highest BCUT2D eigenvalue weighted by atomic mass is 16.6. The number of amides is 3. The zero-order chi connectivity index (χ0) is 30.4. The smallest absolute Gasteiger partial charge is 0.408 e. The molecule has 0 spiro atoms. The number of nitrogens with zero attached hydrogens (tertiary/aromatic N) is 1. The van der Waals surface area contributed by atoms with Crippen LogP contribution in [0.15, 0.2) is 42.5 Å². The summed E-state index contributed by atoms with van der Waals surface area (Å²) >= 11 is 0. The van der Waals surface area contributed by atoms with Crippen molar-refractivity contribution in [2.24, 2.45) is 5.92 Å². The maximum Gasteiger partial charge on any atom is 0.408 e. The van der Waals surface area contributed by atoms with E-state index in [0.717, 1.165) is 22.3 Å². The Morgan fingerprint density at radius 3 is 2.08 bits per heavy atom. The molecule has 7 nitrogen and oxygen atoms in total. The number of benzene rings is 2. The van der Waals surface area contributed by atoms with Crippen molar-refractivity contribution < 1.29 is 19.1 Å². The minimum Gasteiger partial charge on any atom is -0.444 e. The third kappa shape index (κ3) is 8.33. The standard InChI is InChI=1S/C33H49N3O4/c1-12-22(4)27(35-31(39)40-32(7,8)9)30(38)36(33(10,11)13-2)28(25-19-18-21(3)20-24(25)6)29(37)34-26-17-15-14-16-23(26)5/h14-20,22,27-28H,12-13H2,1-11H3,(H,34,37)(H,35,39). The first-order chi connectivity index (χ1) is 18.5. The molecule has 2 aromatic rings. The molecular weight excluding hydrogens is 502 g/mol. The first-order valence-corrected chi connectivity index (χ1v) is 14.3. The number of carbonyl (C=O) groups excluding carboxylic acids is 3. The van der Waals surface area contributed by atoms with Crippen molar-refractivity contribution in [3.63, 3.8) is 0 Å². The van der Waals surface area contributed by atoms with E-state index in [1.165, 1.54) is 0 Å². The predicted octanol–water partition coefficient (Wildman–Crippen LogP) is 7.25. The lowest BCUT2D eigenvalue weighted by Crippen LogP contribution is -2.60. The van der Waals surface area contributed by atoms with E-state index >= 15 is 0 Å². The van der Waals surface area contributed by atoms with Gasteiger partial charge in [0.2, 0.25) is 5.91 Å². The summed E-state index contributed by atoms with van der Waals surface area (Å²) in [5.41, 5.74) is 2.90. The Labute approximate surface area is 241 Å². The minimum atomic E-state index is -0.936. The number of hydrogen-bond acceptors (Lipinski definition) is 4. The number of ether oxygens (including phenoxy) is 1. The summed E-state index contributed by atoms with van der Waals surface area (Å²) in [6.45, 7) is 21.1. The molecular formula is C33H49N3O4. The van der Waals surface area contributed by atoms with Crippen molar-refractivity contribution in [1.29, 1.82) is 0 Å². The first-order valence-electron chi connectivity index (χ1n) is 14.3. The summed E-state index contributed by atoms with van der Waals surface area (Å²) in [4.78, 5) is 43.5. The van der Waals surface area contributed by atoms with Crippen LogP contribution in [0, 0.1) is 26.7 Å². The molecule has 0 saturated heterocycles. The van der Waals surface area contributed by atoms with E-state index in [0.29, 0.717) is 18.5 Å². The van der Waals surface area contributed by atoms with Gasteiger partial charge in [-0.1, -0.05) is 69.2 Å². The highest BCUT2D eigenvalue weighted by molar-refractivity contribution is 6.00. The SMILES string of the molecule is CCC(C)C(NC(=O)OC(C)(C)C)C(=O)N(C(C(=O)Nc1ccccc1C)c1ccc(C)cc1C)C(C)(C)CC. The van der Waals surface area contributed by atoms with Crippen LogP contribution in [0.3, 0.4) is 0 Å². The fraction of sp³-hybridized carbons (Fsp3) is 0.545. The average Bonchev–Trinajstić information content (AvgIpc) is 2.85. The molecule has 0 aliphatic carbocycles. The summed E-state index contributed by atoms with van der Waals surface area (Å²) in [5, 5.41) is 5.94. The van der Waals surface area contributed by atoms with Gasteiger partial charge in [0.25, 0.3) is 5.91 Å². The topological polar surface area (TPSA) is 87.7 Å². The molecule has 3 unspecified atom stereocenters. The van der Waals surface area contributed by atoms with Gasteiger partial charge in [-0.3, -0.25) is 9.59 Å². The number of para-hydroxylation sites is 1. The molecule has 7 heteroatoms. The number of aryl methyl sites for hydroxylation is 3. The highest BCUT2D eigenvalue weighted by Crippen LogP contribution is 2.35. The van der Waals surface area contributed by atoms with E-state index in [4.69, 9.17) is 4.74 Å². The van der Waals surface area contributed by atoms with Crippen molar-refractivity contribution >= 4 is 23.6 Å². The van der Waals surface area contributed by atoms with Crippen LogP contribution >= 0.6 is 0 Å². The van der Waals surface area contributed by atoms with E-state index in [2.05, 4.69) is 10.6 Å². The number of carbonyl (C=O) groups is 3. The summed E-state index contributed by atoms with van der Waals surface area (Å²) in [7, 11) is 0. The zero-order valence-electron chi connectivity index (χ0n) is 26.3. The van der Waals surface area contributed by atoms with E-state index in [1.54, 1.807) is 25.7 Å². The number of nitrogens with one attached hydrogen (secondary N) is 2. The molecule has 2 rings (SSSR count). The van der Waals surface area contributed by atoms with E-state index in [9.17, 15) is 14.4 Å². The second-order valence-electron chi connectivity index (χ2n) is 12.5. The first kappa shape index (κ1) is 32.9. The summed E-state index contributed by atoms with van der Waals surface area (Å²) in [5.74, 6) is -0.831. The van der Waals surface area contributed by atoms with Crippen molar-refractivity contribution in [2.75, 3.05) is 5.32 Å². The molecule has 3 atom stereocenters. The number of hydrogen-bond donors (Lipinski definition) is 2. The van der Waals surface area contributed by atoms with Crippen LogP contribution in [0.1, 0.15) is 96.5 Å². The molecule has 0 heterocycles. The molecule has 0 aliphatic heterocycles. The van der Waals surface area contributed by atoms with E-state index in [-0.39, 0.29) is 17.7 Å². The molecule has 40 heavy (non-hydrogen) atoms. The predicted molar refractivity (Wildman–Crippen MR) is 162 cm³/mol. The Balaban J connectivity index is 2.72. The molecule has 0 radical (unpaired) electrons. The molecule has 2 aromatic carbocycles. The third-order valence-electron chi connectivity index (χ3n) is 7.54. The van der Waals surface area contributed by atoms with Gasteiger partial charge < -0.3 is 20.3 Å². The summed E-state index contributed by atoms with van der Waals surface area (Å²) < 4.78 is 5.52. The lowest BCUT2D eigenvalue weighted by atomic mass is 9.88. The van der Waals surface area contributed by atoms with E-state index in [1.807, 2.05) is 97.9 Å². The quantitative estimate of drug-likeness (QED) is 0.326. The Kier molecular flexibility index (Phi) is 11.0. The summed E-state index contributed by atoms with van der Waals surface area (Å²) in [6, 6.07) is 11.7. The lowest BCUT2D eigenvalue weighted by molar-refractivity contribution is -0.148. The van der Waals surface area contributed by atoms with Crippen LogP contribution in [-0.2, 0) is 14.3 Å². The number of anilines is 1. The van der Waals surface area contributed by atoms with Gasteiger partial charge in [-0.2, -0.15) is 0 Å². The van der Waals surface area contributed by atoms with Crippen molar-refractivity contribution in [1.82, 2.24) is 10.2 Å². The van der Waals surface area contributed by atoms with Crippen LogP contribution in [0.5, 0.6) is 0 Å². The third-order valence-corrected chi connectivity index (χ3v) is 7.54. The van der Waals surface area contributed by atoms with Gasteiger partial charge in [-0.15, -0.1) is 0 Å². The minimum absolute atomic E-state index is 0.200. The molecule has 0 saturated carbocycles. The maximum absolute atomic E-state index is 14.6. The van der Waals surface area contributed by atoms with Gasteiger partial charge in [0.1, 0.15) is 17.7 Å². The summed E-state index contributed by atoms with van der Waals surface area (Å²) in [6.07, 6.45) is 0.584. The van der Waals surface area contributed by atoms with Crippen molar-refractivity contribution in [3.8, 4) is 0 Å². The number of rotatable bonds is 10. The van der Waals surface area contributed by atoms with Crippen LogP contribution in [0.2, 0.25) is 0 Å². The Morgan fingerprint density at radius 1 is 0.925 bits per heavy atom. The van der Waals surface area contributed by atoms with Gasteiger partial charge in [-0.05, 0) is 90.5 Å². The van der Waals surface area contributed by atoms with Crippen LogP contribution in [0.25, 0.3) is 0 Å². The molecule has 2 N–H and O–H groups in total. The normalized spacial score (nSPS) is 14.1. The fourth-order valence-corrected chi connectivity index (χ4v) is 4.66. The maximum atomic E-state index is 14.6. The molecule has 0 aromatic heterocycles. The van der Waals surface area contributed by atoms with E-state index < -0.39 is 29.3 Å². The Morgan fingerprint density at radius 2 is 1.55 bits per heavy atom. The highest BCUT2D eigenvalue weighted by Gasteiger charge is 2.44. The van der Waals surface area contributed by atoms with Crippen LogP contribution < -0.4 is 10.6 Å². The van der Waals surface area contributed by atoms with Crippen molar-refractivity contribution in [2.45, 2.75) is 112 Å².